The molecule has 0 saturated carbocycles. The molecule has 0 aromatic carbocycles. The number of hydrogen-bond donors (Lipinski definition) is 1. The van der Waals surface area contributed by atoms with Gasteiger partial charge in [0.05, 0.1) is 6.20 Å². The monoisotopic (exact) mass is 176 g/mol. The van der Waals surface area contributed by atoms with E-state index in [4.69, 9.17) is 10.7 Å². The normalized spacial score (nSPS) is 9.92. The average molecular weight is 176 g/mol. The van der Waals surface area contributed by atoms with Crippen molar-refractivity contribution in [3.8, 4) is 6.07 Å². The zero-order chi connectivity index (χ0) is 8.55. The molecule has 0 saturated heterocycles. The molecule has 58 valence electrons. The first kappa shape index (κ1) is 7.00. The second kappa shape index (κ2) is 2.43. The molecule has 2 heterocycles. The van der Waals surface area contributed by atoms with Gasteiger partial charge in [0.1, 0.15) is 11.6 Å². The van der Waals surface area contributed by atoms with Gasteiger partial charge in [-0.25, -0.2) is 4.98 Å². The standard InChI is InChI=1S/C7H4N4S/c8-3-5-4-10-7-11(6(5)9)1-2-12-7/h1-2,4,9H. The summed E-state index contributed by atoms with van der Waals surface area (Å²) in [7, 11) is 0. The van der Waals surface area contributed by atoms with Crippen LogP contribution in [0.5, 0.6) is 0 Å². The van der Waals surface area contributed by atoms with Gasteiger partial charge in [-0.15, -0.1) is 11.3 Å². The van der Waals surface area contributed by atoms with Crippen molar-refractivity contribution in [2.24, 2.45) is 0 Å². The Hall–Kier alpha value is -1.67. The van der Waals surface area contributed by atoms with Crippen LogP contribution in [0.2, 0.25) is 0 Å². The summed E-state index contributed by atoms with van der Waals surface area (Å²) in [4.78, 5) is 4.75. The minimum atomic E-state index is 0.198. The number of thiazole rings is 1. The van der Waals surface area contributed by atoms with Crippen molar-refractivity contribution < 1.29 is 0 Å². The van der Waals surface area contributed by atoms with Crippen molar-refractivity contribution in [3.05, 3.63) is 28.8 Å². The molecule has 1 N–H and O–H groups in total. The van der Waals surface area contributed by atoms with Crippen molar-refractivity contribution >= 4 is 16.3 Å². The fourth-order valence-corrected chi connectivity index (χ4v) is 1.61. The summed E-state index contributed by atoms with van der Waals surface area (Å²) in [6.07, 6.45) is 3.16. The zero-order valence-corrected chi connectivity index (χ0v) is 6.80. The maximum Gasteiger partial charge on any atom is 0.195 e. The van der Waals surface area contributed by atoms with Gasteiger partial charge < -0.3 is 0 Å². The molecule has 0 atom stereocenters. The summed E-state index contributed by atoms with van der Waals surface area (Å²) < 4.78 is 1.59. The van der Waals surface area contributed by atoms with Gasteiger partial charge in [-0.2, -0.15) is 5.26 Å². The minimum Gasteiger partial charge on any atom is -0.283 e. The van der Waals surface area contributed by atoms with E-state index in [2.05, 4.69) is 4.98 Å². The predicted octanol–water partition coefficient (Wildman–Crippen LogP) is 0.747. The van der Waals surface area contributed by atoms with E-state index in [1.54, 1.807) is 10.6 Å². The van der Waals surface area contributed by atoms with E-state index in [0.29, 0.717) is 5.56 Å². The molecule has 5 heteroatoms. The van der Waals surface area contributed by atoms with Gasteiger partial charge in [0, 0.05) is 11.6 Å². The summed E-state index contributed by atoms with van der Waals surface area (Å²) in [5.74, 6) is 0. The number of rotatable bonds is 0. The lowest BCUT2D eigenvalue weighted by atomic mass is 10.4. The Balaban J connectivity index is 3.00. The third-order valence-electron chi connectivity index (χ3n) is 1.51. The van der Waals surface area contributed by atoms with Crippen molar-refractivity contribution in [1.29, 1.82) is 10.7 Å². The largest absolute Gasteiger partial charge is 0.283 e. The Morgan fingerprint density at radius 1 is 1.67 bits per heavy atom. The summed E-state index contributed by atoms with van der Waals surface area (Å²) in [5, 5.41) is 18.0. The minimum absolute atomic E-state index is 0.198. The van der Waals surface area contributed by atoms with Gasteiger partial charge in [0.2, 0.25) is 0 Å². The molecular formula is C7H4N4S. The van der Waals surface area contributed by atoms with E-state index < -0.39 is 0 Å². The maximum atomic E-state index is 8.60. The van der Waals surface area contributed by atoms with Crippen LogP contribution in [0.25, 0.3) is 4.96 Å². The van der Waals surface area contributed by atoms with Crippen LogP contribution in [0.1, 0.15) is 5.56 Å². The van der Waals surface area contributed by atoms with Gasteiger partial charge >= 0.3 is 0 Å². The number of fused-ring (bicyclic) bond motifs is 1. The van der Waals surface area contributed by atoms with Gasteiger partial charge in [-0.3, -0.25) is 9.81 Å². The van der Waals surface area contributed by atoms with Crippen molar-refractivity contribution in [2.75, 3.05) is 0 Å². The first-order valence-corrected chi connectivity index (χ1v) is 4.10. The number of hydrogen-bond acceptors (Lipinski definition) is 4. The molecular weight excluding hydrogens is 172 g/mol. The Labute approximate surface area is 71.9 Å². The van der Waals surface area contributed by atoms with Crippen LogP contribution >= 0.6 is 11.3 Å². The maximum absolute atomic E-state index is 8.60. The van der Waals surface area contributed by atoms with Crippen molar-refractivity contribution in [2.45, 2.75) is 0 Å². The number of nitrogens with zero attached hydrogens (tertiary/aromatic N) is 3. The second-order valence-corrected chi connectivity index (χ2v) is 3.06. The van der Waals surface area contributed by atoms with E-state index in [1.165, 1.54) is 17.5 Å². The highest BCUT2D eigenvalue weighted by molar-refractivity contribution is 7.15. The first-order chi connectivity index (χ1) is 5.83. The summed E-state index contributed by atoms with van der Waals surface area (Å²) in [5.41, 5.74) is 0.495. The predicted molar refractivity (Wildman–Crippen MR) is 43.6 cm³/mol. The van der Waals surface area contributed by atoms with Crippen LogP contribution in [0, 0.1) is 16.7 Å². The SMILES string of the molecule is N#Cc1cnc2sccn2c1=N. The van der Waals surface area contributed by atoms with Crippen molar-refractivity contribution in [1.82, 2.24) is 9.38 Å². The molecule has 0 fully saturated rings. The fraction of sp³-hybridized carbons (Fsp3) is 0. The van der Waals surface area contributed by atoms with Gasteiger partial charge in [0.25, 0.3) is 0 Å². The highest BCUT2D eigenvalue weighted by Gasteiger charge is 1.99. The quantitative estimate of drug-likeness (QED) is 0.643. The second-order valence-electron chi connectivity index (χ2n) is 2.19. The van der Waals surface area contributed by atoms with E-state index >= 15 is 0 Å². The summed E-state index contributed by atoms with van der Waals surface area (Å²) >= 11 is 1.44. The van der Waals surface area contributed by atoms with Crippen LogP contribution in [-0.2, 0) is 0 Å². The molecule has 4 nitrogen and oxygen atoms in total. The van der Waals surface area contributed by atoms with Crippen LogP contribution in [0.4, 0.5) is 0 Å². The molecule has 0 aliphatic heterocycles. The molecule has 0 radical (unpaired) electrons. The number of nitriles is 1. The number of nitrogens with one attached hydrogen (secondary N) is 1. The van der Waals surface area contributed by atoms with Gasteiger partial charge in [0.15, 0.2) is 10.4 Å². The highest BCUT2D eigenvalue weighted by Crippen LogP contribution is 2.04. The Morgan fingerprint density at radius 2 is 2.50 bits per heavy atom. The Morgan fingerprint density at radius 3 is 3.25 bits per heavy atom. The van der Waals surface area contributed by atoms with E-state index in [0.717, 1.165) is 4.96 Å². The lowest BCUT2D eigenvalue weighted by Crippen LogP contribution is -2.15. The zero-order valence-electron chi connectivity index (χ0n) is 5.98. The lowest BCUT2D eigenvalue weighted by molar-refractivity contribution is 0.981. The van der Waals surface area contributed by atoms with E-state index in [-0.39, 0.29) is 5.49 Å². The Kier molecular flexibility index (Phi) is 1.42. The first-order valence-electron chi connectivity index (χ1n) is 3.22. The highest BCUT2D eigenvalue weighted by atomic mass is 32.1. The van der Waals surface area contributed by atoms with E-state index in [9.17, 15) is 0 Å². The molecule has 2 aromatic rings. The molecule has 0 bridgehead atoms. The average Bonchev–Trinajstić information content (AvgIpc) is 2.53. The van der Waals surface area contributed by atoms with Crippen LogP contribution in [0.15, 0.2) is 17.8 Å². The lowest BCUT2D eigenvalue weighted by Gasteiger charge is -1.92. The van der Waals surface area contributed by atoms with Gasteiger partial charge in [-0.1, -0.05) is 0 Å². The number of aromatic nitrogens is 2. The fourth-order valence-electron chi connectivity index (χ4n) is 0.928. The molecule has 12 heavy (non-hydrogen) atoms. The topological polar surface area (TPSA) is 64.9 Å². The van der Waals surface area contributed by atoms with Crippen LogP contribution in [-0.4, -0.2) is 9.38 Å². The van der Waals surface area contributed by atoms with Gasteiger partial charge in [-0.05, 0) is 0 Å². The smallest absolute Gasteiger partial charge is 0.195 e. The van der Waals surface area contributed by atoms with Crippen molar-refractivity contribution in [3.63, 3.8) is 0 Å². The Bertz CT molecular complexity index is 516. The molecule has 0 amide bonds. The summed E-state index contributed by atoms with van der Waals surface area (Å²) in [6.45, 7) is 0. The van der Waals surface area contributed by atoms with Crippen LogP contribution in [0.3, 0.4) is 0 Å². The molecule has 0 aliphatic carbocycles. The molecule has 2 rings (SSSR count). The third-order valence-corrected chi connectivity index (χ3v) is 2.28. The van der Waals surface area contributed by atoms with Crippen LogP contribution < -0.4 is 5.49 Å². The van der Waals surface area contributed by atoms with E-state index in [1.807, 2.05) is 11.4 Å². The summed E-state index contributed by atoms with van der Waals surface area (Å²) in [6, 6.07) is 1.91. The molecule has 0 aliphatic rings. The third kappa shape index (κ3) is 0.822. The molecule has 0 unspecified atom stereocenters. The molecule has 2 aromatic heterocycles. The molecule has 0 spiro atoms.